The van der Waals surface area contributed by atoms with Gasteiger partial charge < -0.3 is 10.6 Å². The van der Waals surface area contributed by atoms with Crippen LogP contribution in [0.1, 0.15) is 51.3 Å². The predicted octanol–water partition coefficient (Wildman–Crippen LogP) is 3.31. The number of aryl methyl sites for hydroxylation is 1. The molecule has 0 saturated carbocycles. The molecule has 1 aliphatic heterocycles. The molecule has 0 spiro atoms. The highest BCUT2D eigenvalue weighted by Gasteiger charge is 2.30. The second kappa shape index (κ2) is 7.77. The van der Waals surface area contributed by atoms with Crippen molar-refractivity contribution in [1.29, 1.82) is 0 Å². The van der Waals surface area contributed by atoms with Crippen LogP contribution in [0.4, 0.5) is 0 Å². The molecule has 1 aromatic rings. The van der Waals surface area contributed by atoms with Crippen LogP contribution in [0, 0.1) is 17.8 Å². The molecule has 1 heterocycles. The van der Waals surface area contributed by atoms with Crippen molar-refractivity contribution in [3.8, 4) is 0 Å². The molecular formula is C19H30N2O. The van der Waals surface area contributed by atoms with E-state index in [0.29, 0.717) is 11.8 Å². The largest absolute Gasteiger partial charge is 0.349 e. The van der Waals surface area contributed by atoms with E-state index >= 15 is 0 Å². The standard InChI is InChI=1S/C19H30N2O/c1-5-6-15-7-9-16(10-8-15)18(13(2)3)21-19(22)14(4)17-11-20-12-17/h7-10,13-14,17-18,20H,5-6,11-12H2,1-4H3,(H,21,22). The van der Waals surface area contributed by atoms with E-state index in [4.69, 9.17) is 0 Å². The lowest BCUT2D eigenvalue weighted by Gasteiger charge is -2.33. The molecule has 1 fully saturated rings. The van der Waals surface area contributed by atoms with E-state index in [2.05, 4.69) is 55.7 Å². The average molecular weight is 302 g/mol. The Kier molecular flexibility index (Phi) is 6.01. The Bertz CT molecular complexity index is 477. The van der Waals surface area contributed by atoms with Gasteiger partial charge in [-0.3, -0.25) is 4.79 Å². The van der Waals surface area contributed by atoms with Crippen molar-refractivity contribution >= 4 is 5.91 Å². The van der Waals surface area contributed by atoms with Crippen LogP contribution >= 0.6 is 0 Å². The molecule has 0 bridgehead atoms. The van der Waals surface area contributed by atoms with Crippen LogP contribution in [0.2, 0.25) is 0 Å². The predicted molar refractivity (Wildman–Crippen MR) is 91.7 cm³/mol. The van der Waals surface area contributed by atoms with Gasteiger partial charge in [-0.25, -0.2) is 0 Å². The van der Waals surface area contributed by atoms with E-state index in [-0.39, 0.29) is 17.9 Å². The van der Waals surface area contributed by atoms with Crippen molar-refractivity contribution in [3.63, 3.8) is 0 Å². The lowest BCUT2D eigenvalue weighted by atomic mass is 9.87. The number of benzene rings is 1. The van der Waals surface area contributed by atoms with Crippen LogP contribution in [0.25, 0.3) is 0 Å². The van der Waals surface area contributed by atoms with Gasteiger partial charge in [-0.1, -0.05) is 58.4 Å². The zero-order chi connectivity index (χ0) is 16.1. The summed E-state index contributed by atoms with van der Waals surface area (Å²) >= 11 is 0. The summed E-state index contributed by atoms with van der Waals surface area (Å²) in [5.74, 6) is 1.14. The van der Waals surface area contributed by atoms with Crippen molar-refractivity contribution in [2.45, 2.75) is 46.6 Å². The highest BCUT2D eigenvalue weighted by atomic mass is 16.1. The minimum Gasteiger partial charge on any atom is -0.349 e. The molecule has 2 unspecified atom stereocenters. The molecule has 0 radical (unpaired) electrons. The summed E-state index contributed by atoms with van der Waals surface area (Å²) in [6.07, 6.45) is 2.28. The summed E-state index contributed by atoms with van der Waals surface area (Å²) in [5.41, 5.74) is 2.58. The smallest absolute Gasteiger partial charge is 0.223 e. The summed E-state index contributed by atoms with van der Waals surface area (Å²) in [7, 11) is 0. The van der Waals surface area contributed by atoms with Gasteiger partial charge in [0, 0.05) is 5.92 Å². The Morgan fingerprint density at radius 3 is 2.32 bits per heavy atom. The molecule has 3 nitrogen and oxygen atoms in total. The number of hydrogen-bond donors (Lipinski definition) is 2. The number of amides is 1. The molecule has 0 aliphatic carbocycles. The van der Waals surface area contributed by atoms with E-state index in [1.54, 1.807) is 0 Å². The Morgan fingerprint density at radius 1 is 1.23 bits per heavy atom. The van der Waals surface area contributed by atoms with E-state index in [1.165, 1.54) is 11.1 Å². The van der Waals surface area contributed by atoms with Gasteiger partial charge in [-0.15, -0.1) is 0 Å². The molecule has 1 saturated heterocycles. The number of carbonyl (C=O) groups excluding carboxylic acids is 1. The van der Waals surface area contributed by atoms with Crippen molar-refractivity contribution in [1.82, 2.24) is 10.6 Å². The third kappa shape index (κ3) is 4.10. The van der Waals surface area contributed by atoms with Gasteiger partial charge in [-0.05, 0) is 42.5 Å². The van der Waals surface area contributed by atoms with Crippen LogP contribution < -0.4 is 10.6 Å². The van der Waals surface area contributed by atoms with Crippen LogP contribution in [0.15, 0.2) is 24.3 Å². The first-order valence-electron chi connectivity index (χ1n) is 8.62. The summed E-state index contributed by atoms with van der Waals surface area (Å²) < 4.78 is 0. The molecular weight excluding hydrogens is 272 g/mol. The van der Waals surface area contributed by atoms with E-state index < -0.39 is 0 Å². The first-order valence-corrected chi connectivity index (χ1v) is 8.62. The van der Waals surface area contributed by atoms with Gasteiger partial charge in [0.2, 0.25) is 5.91 Å². The van der Waals surface area contributed by atoms with Gasteiger partial charge in [0.25, 0.3) is 0 Å². The Hall–Kier alpha value is -1.35. The number of carbonyl (C=O) groups is 1. The lowest BCUT2D eigenvalue weighted by molar-refractivity contribution is -0.127. The highest BCUT2D eigenvalue weighted by Crippen LogP contribution is 2.24. The number of hydrogen-bond acceptors (Lipinski definition) is 2. The normalized spacial score (nSPS) is 17.9. The van der Waals surface area contributed by atoms with Crippen molar-refractivity contribution in [2.24, 2.45) is 17.8 Å². The third-order valence-corrected chi connectivity index (χ3v) is 4.78. The van der Waals surface area contributed by atoms with Crippen LogP contribution in [-0.4, -0.2) is 19.0 Å². The van der Waals surface area contributed by atoms with Crippen LogP contribution in [-0.2, 0) is 11.2 Å². The Balaban J connectivity index is 2.03. The zero-order valence-electron chi connectivity index (χ0n) is 14.4. The quantitative estimate of drug-likeness (QED) is 0.811. The highest BCUT2D eigenvalue weighted by molar-refractivity contribution is 5.79. The average Bonchev–Trinajstić information content (AvgIpc) is 2.43. The second-order valence-electron chi connectivity index (χ2n) is 6.93. The number of rotatable bonds is 7. The zero-order valence-corrected chi connectivity index (χ0v) is 14.4. The van der Waals surface area contributed by atoms with Gasteiger partial charge in [0.1, 0.15) is 0 Å². The Labute approximate surface area is 134 Å². The third-order valence-electron chi connectivity index (χ3n) is 4.78. The molecule has 2 N–H and O–H groups in total. The van der Waals surface area contributed by atoms with E-state index in [0.717, 1.165) is 25.9 Å². The first-order chi connectivity index (χ1) is 10.5. The summed E-state index contributed by atoms with van der Waals surface area (Å²) in [5, 5.41) is 6.51. The number of nitrogens with one attached hydrogen (secondary N) is 2. The van der Waals surface area contributed by atoms with Gasteiger partial charge in [0.05, 0.1) is 6.04 Å². The second-order valence-corrected chi connectivity index (χ2v) is 6.93. The monoisotopic (exact) mass is 302 g/mol. The van der Waals surface area contributed by atoms with Gasteiger partial charge in [0.15, 0.2) is 0 Å². The maximum Gasteiger partial charge on any atom is 0.223 e. The molecule has 1 aliphatic rings. The minimum atomic E-state index is 0.0851. The molecule has 2 atom stereocenters. The molecule has 1 amide bonds. The fourth-order valence-corrected chi connectivity index (χ4v) is 2.98. The topological polar surface area (TPSA) is 41.1 Å². The molecule has 122 valence electrons. The maximum atomic E-state index is 12.5. The summed E-state index contributed by atoms with van der Waals surface area (Å²) in [6, 6.07) is 8.83. The van der Waals surface area contributed by atoms with Gasteiger partial charge >= 0.3 is 0 Å². The SMILES string of the molecule is CCCc1ccc(C(NC(=O)C(C)C2CNC2)C(C)C)cc1. The molecule has 2 rings (SSSR count). The fourth-order valence-electron chi connectivity index (χ4n) is 2.98. The summed E-state index contributed by atoms with van der Waals surface area (Å²) in [6.45, 7) is 10.5. The van der Waals surface area contributed by atoms with Crippen molar-refractivity contribution in [2.75, 3.05) is 13.1 Å². The van der Waals surface area contributed by atoms with E-state index in [1.807, 2.05) is 6.92 Å². The van der Waals surface area contributed by atoms with Crippen LogP contribution in [0.3, 0.4) is 0 Å². The van der Waals surface area contributed by atoms with Crippen molar-refractivity contribution in [3.05, 3.63) is 35.4 Å². The summed E-state index contributed by atoms with van der Waals surface area (Å²) in [4.78, 5) is 12.5. The molecule has 3 heteroatoms. The fraction of sp³-hybridized carbons (Fsp3) is 0.632. The van der Waals surface area contributed by atoms with Crippen LogP contribution in [0.5, 0.6) is 0 Å². The Morgan fingerprint density at radius 2 is 1.86 bits per heavy atom. The van der Waals surface area contributed by atoms with Gasteiger partial charge in [-0.2, -0.15) is 0 Å². The minimum absolute atomic E-state index is 0.0851. The molecule has 22 heavy (non-hydrogen) atoms. The van der Waals surface area contributed by atoms with E-state index in [9.17, 15) is 4.79 Å². The lowest BCUT2D eigenvalue weighted by Crippen LogP contribution is -2.50. The van der Waals surface area contributed by atoms with Crippen molar-refractivity contribution < 1.29 is 4.79 Å². The molecule has 1 aromatic carbocycles. The maximum absolute atomic E-state index is 12.5. The first kappa shape index (κ1) is 17.0. The molecule has 0 aromatic heterocycles.